The van der Waals surface area contributed by atoms with Gasteiger partial charge in [0.25, 0.3) is 0 Å². The molecule has 0 spiro atoms. The normalized spacial score (nSPS) is 11.7. The average Bonchev–Trinajstić information content (AvgIpc) is 3.20. The largest absolute Gasteiger partial charge is 0.497 e. The van der Waals surface area contributed by atoms with Crippen molar-refractivity contribution in [2.45, 2.75) is 13.0 Å². The molecule has 0 saturated heterocycles. The average molecular weight is 415 g/mol. The van der Waals surface area contributed by atoms with E-state index in [0.29, 0.717) is 5.69 Å². The summed E-state index contributed by atoms with van der Waals surface area (Å²) in [5, 5.41) is 4.26. The fourth-order valence-electron chi connectivity index (χ4n) is 3.34. The second-order valence-corrected chi connectivity index (χ2v) is 8.06. The summed E-state index contributed by atoms with van der Waals surface area (Å²) in [6, 6.07) is 26.7. The van der Waals surface area contributed by atoms with Crippen LogP contribution >= 0.6 is 11.3 Å². The minimum absolute atomic E-state index is 0.0628. The number of nitrogens with zero attached hydrogens (tertiary/aromatic N) is 1. The zero-order valence-electron chi connectivity index (χ0n) is 16.8. The van der Waals surface area contributed by atoms with Crippen molar-refractivity contribution in [3.8, 4) is 16.2 Å². The van der Waals surface area contributed by atoms with Gasteiger partial charge in [-0.05, 0) is 30.2 Å². The van der Waals surface area contributed by atoms with Gasteiger partial charge in [0.1, 0.15) is 17.5 Å². The van der Waals surface area contributed by atoms with E-state index in [9.17, 15) is 4.79 Å². The van der Waals surface area contributed by atoms with E-state index < -0.39 is 6.04 Å². The van der Waals surface area contributed by atoms with Crippen LogP contribution in [0.1, 0.15) is 27.1 Å². The first kappa shape index (κ1) is 19.9. The number of benzene rings is 3. The molecule has 30 heavy (non-hydrogen) atoms. The van der Waals surface area contributed by atoms with Crippen molar-refractivity contribution in [2.24, 2.45) is 0 Å². The SMILES string of the molecule is COc1cccc(NC(C(=O)c2nc(C)sc2-c2ccccc2)c2ccccc2)c1. The second-order valence-electron chi connectivity index (χ2n) is 6.86. The number of thiazole rings is 1. The van der Waals surface area contributed by atoms with Crippen molar-refractivity contribution in [3.63, 3.8) is 0 Å². The molecule has 1 unspecified atom stereocenters. The standard InChI is InChI=1S/C25H22N2O2S/c1-17-26-23(25(30-17)19-12-7-4-8-13-19)24(28)22(18-10-5-3-6-11-18)27-20-14-9-15-21(16-20)29-2/h3-16,22,27H,1-2H3. The Morgan fingerprint density at radius 1 is 0.967 bits per heavy atom. The molecule has 1 atom stereocenters. The van der Waals surface area contributed by atoms with Crippen LogP contribution in [0.2, 0.25) is 0 Å². The van der Waals surface area contributed by atoms with Gasteiger partial charge in [0.15, 0.2) is 0 Å². The van der Waals surface area contributed by atoms with Crippen LogP contribution in [0.4, 0.5) is 5.69 Å². The van der Waals surface area contributed by atoms with E-state index in [1.165, 1.54) is 0 Å². The number of hydrogen-bond acceptors (Lipinski definition) is 5. The molecule has 1 heterocycles. The van der Waals surface area contributed by atoms with E-state index in [0.717, 1.165) is 32.4 Å². The fourth-order valence-corrected chi connectivity index (χ4v) is 4.27. The van der Waals surface area contributed by atoms with Gasteiger partial charge in [0, 0.05) is 11.8 Å². The first-order valence-electron chi connectivity index (χ1n) is 9.68. The molecular formula is C25H22N2O2S. The van der Waals surface area contributed by atoms with Gasteiger partial charge in [-0.3, -0.25) is 4.79 Å². The molecule has 0 bridgehead atoms. The zero-order chi connectivity index (χ0) is 20.9. The van der Waals surface area contributed by atoms with E-state index in [2.05, 4.69) is 10.3 Å². The van der Waals surface area contributed by atoms with Gasteiger partial charge >= 0.3 is 0 Å². The van der Waals surface area contributed by atoms with Gasteiger partial charge in [-0.15, -0.1) is 11.3 Å². The van der Waals surface area contributed by atoms with Crippen LogP contribution in [0, 0.1) is 6.92 Å². The molecule has 0 fully saturated rings. The van der Waals surface area contributed by atoms with E-state index in [1.807, 2.05) is 91.9 Å². The summed E-state index contributed by atoms with van der Waals surface area (Å²) in [4.78, 5) is 19.3. The summed E-state index contributed by atoms with van der Waals surface area (Å²) in [6.45, 7) is 1.93. The Morgan fingerprint density at radius 3 is 2.37 bits per heavy atom. The summed E-state index contributed by atoms with van der Waals surface area (Å²) in [5.41, 5.74) is 3.19. The summed E-state index contributed by atoms with van der Waals surface area (Å²) >= 11 is 1.54. The summed E-state index contributed by atoms with van der Waals surface area (Å²) < 4.78 is 5.33. The quantitative estimate of drug-likeness (QED) is 0.368. The fraction of sp³-hybridized carbons (Fsp3) is 0.120. The number of carbonyl (C=O) groups is 1. The summed E-state index contributed by atoms with van der Waals surface area (Å²) in [6.07, 6.45) is 0. The number of Topliss-reactive ketones (excluding diaryl/α,β-unsaturated/α-hetero) is 1. The van der Waals surface area contributed by atoms with E-state index in [1.54, 1.807) is 18.4 Å². The molecule has 4 nitrogen and oxygen atoms in total. The van der Waals surface area contributed by atoms with Crippen molar-refractivity contribution in [3.05, 3.63) is 101 Å². The maximum atomic E-state index is 13.8. The van der Waals surface area contributed by atoms with E-state index in [4.69, 9.17) is 4.74 Å². The molecule has 1 N–H and O–H groups in total. The number of ether oxygens (including phenoxy) is 1. The molecule has 0 aliphatic heterocycles. The van der Waals surface area contributed by atoms with Crippen LogP contribution in [0.15, 0.2) is 84.9 Å². The molecule has 0 saturated carbocycles. The molecule has 3 aromatic carbocycles. The van der Waals surface area contributed by atoms with Gasteiger partial charge in [-0.25, -0.2) is 4.98 Å². The molecule has 4 aromatic rings. The molecule has 0 radical (unpaired) electrons. The minimum Gasteiger partial charge on any atom is -0.497 e. The Hall–Kier alpha value is -3.44. The number of hydrogen-bond donors (Lipinski definition) is 1. The number of anilines is 1. The number of aryl methyl sites for hydroxylation is 1. The molecule has 0 aliphatic carbocycles. The Balaban J connectivity index is 1.76. The molecule has 150 valence electrons. The topological polar surface area (TPSA) is 51.2 Å². The molecule has 4 rings (SSSR count). The third kappa shape index (κ3) is 4.26. The van der Waals surface area contributed by atoms with E-state index >= 15 is 0 Å². The van der Waals surface area contributed by atoms with Gasteiger partial charge < -0.3 is 10.1 Å². The minimum atomic E-state index is -0.567. The number of aromatic nitrogens is 1. The Labute approximate surface area is 180 Å². The second kappa shape index (κ2) is 8.93. The maximum Gasteiger partial charge on any atom is 0.209 e. The van der Waals surface area contributed by atoms with Crippen LogP contribution in [0.5, 0.6) is 5.75 Å². The third-order valence-corrected chi connectivity index (χ3v) is 5.80. The monoisotopic (exact) mass is 414 g/mol. The summed E-state index contributed by atoms with van der Waals surface area (Å²) in [7, 11) is 1.63. The smallest absolute Gasteiger partial charge is 0.209 e. The molecule has 1 aromatic heterocycles. The van der Waals surface area contributed by atoms with E-state index in [-0.39, 0.29) is 5.78 Å². The lowest BCUT2D eigenvalue weighted by Crippen LogP contribution is -2.22. The van der Waals surface area contributed by atoms with Gasteiger partial charge in [-0.1, -0.05) is 66.7 Å². The highest BCUT2D eigenvalue weighted by molar-refractivity contribution is 7.15. The number of carbonyl (C=O) groups excluding carboxylic acids is 1. The Kier molecular flexibility index (Phi) is 5.91. The lowest BCUT2D eigenvalue weighted by atomic mass is 9.98. The van der Waals surface area contributed by atoms with Gasteiger partial charge in [-0.2, -0.15) is 0 Å². The maximum absolute atomic E-state index is 13.8. The number of ketones is 1. The first-order chi connectivity index (χ1) is 14.7. The van der Waals surface area contributed by atoms with Gasteiger partial charge in [0.2, 0.25) is 5.78 Å². The highest BCUT2D eigenvalue weighted by Crippen LogP contribution is 2.34. The highest BCUT2D eigenvalue weighted by Gasteiger charge is 2.27. The van der Waals surface area contributed by atoms with Crippen molar-refractivity contribution in [1.29, 1.82) is 0 Å². The van der Waals surface area contributed by atoms with Crippen LogP contribution in [0.3, 0.4) is 0 Å². The van der Waals surface area contributed by atoms with Crippen molar-refractivity contribution in [2.75, 3.05) is 12.4 Å². The number of nitrogens with one attached hydrogen (secondary N) is 1. The lowest BCUT2D eigenvalue weighted by molar-refractivity contribution is 0.0966. The molecule has 0 amide bonds. The lowest BCUT2D eigenvalue weighted by Gasteiger charge is -2.19. The number of methoxy groups -OCH3 is 1. The first-order valence-corrected chi connectivity index (χ1v) is 10.5. The van der Waals surface area contributed by atoms with Crippen LogP contribution in [-0.2, 0) is 0 Å². The van der Waals surface area contributed by atoms with Crippen LogP contribution in [-0.4, -0.2) is 17.9 Å². The molecule has 5 heteroatoms. The van der Waals surface area contributed by atoms with Crippen molar-refractivity contribution < 1.29 is 9.53 Å². The third-order valence-electron chi connectivity index (χ3n) is 4.78. The zero-order valence-corrected chi connectivity index (χ0v) is 17.6. The Bertz CT molecular complexity index is 1140. The predicted octanol–water partition coefficient (Wildman–Crippen LogP) is 6.16. The number of rotatable bonds is 7. The van der Waals surface area contributed by atoms with Crippen molar-refractivity contribution >= 4 is 22.8 Å². The van der Waals surface area contributed by atoms with Gasteiger partial charge in [0.05, 0.1) is 17.0 Å². The van der Waals surface area contributed by atoms with Crippen molar-refractivity contribution in [1.82, 2.24) is 4.98 Å². The van der Waals surface area contributed by atoms with Crippen LogP contribution < -0.4 is 10.1 Å². The molecule has 0 aliphatic rings. The molecular weight excluding hydrogens is 392 g/mol. The Morgan fingerprint density at radius 2 is 1.67 bits per heavy atom. The van der Waals surface area contributed by atoms with Crippen LogP contribution in [0.25, 0.3) is 10.4 Å². The predicted molar refractivity (Wildman–Crippen MR) is 122 cm³/mol. The summed E-state index contributed by atoms with van der Waals surface area (Å²) in [5.74, 6) is 0.668. The highest BCUT2D eigenvalue weighted by atomic mass is 32.1.